The normalized spacial score (nSPS) is 24.2. The summed E-state index contributed by atoms with van der Waals surface area (Å²) in [5, 5.41) is 6.12. The number of hydrogen-bond acceptors (Lipinski definition) is 3. The van der Waals surface area contributed by atoms with Gasteiger partial charge in [0.25, 0.3) is 0 Å². The Kier molecular flexibility index (Phi) is 8.00. The fraction of sp³-hybridized carbons (Fsp3) is 0.692. The van der Waals surface area contributed by atoms with Crippen LogP contribution in [-0.2, 0) is 22.3 Å². The fourth-order valence-corrected chi connectivity index (χ4v) is 5.13. The number of amides is 2. The highest BCUT2D eigenvalue weighted by Crippen LogP contribution is 2.39. The predicted octanol–water partition coefficient (Wildman–Crippen LogP) is 4.61. The molecule has 2 amide bonds. The minimum Gasteiger partial charge on any atom is -0.351 e. The molecular weight excluding hydrogens is 443 g/mol. The Morgan fingerprint density at radius 3 is 2.44 bits per heavy atom. The Hall–Kier alpha value is -2.09. The number of carbonyl (C=O) groups is 2. The van der Waals surface area contributed by atoms with Crippen molar-refractivity contribution in [1.82, 2.24) is 15.5 Å². The summed E-state index contributed by atoms with van der Waals surface area (Å²) in [6.07, 6.45) is -1.91. The van der Waals surface area contributed by atoms with Gasteiger partial charge in [-0.15, -0.1) is 0 Å². The van der Waals surface area contributed by atoms with Crippen LogP contribution >= 0.6 is 0 Å². The van der Waals surface area contributed by atoms with Crippen molar-refractivity contribution in [3.63, 3.8) is 0 Å². The maximum Gasteiger partial charge on any atom is 0.416 e. The molecule has 0 radical (unpaired) electrons. The van der Waals surface area contributed by atoms with Gasteiger partial charge in [0, 0.05) is 31.1 Å². The highest BCUT2D eigenvalue weighted by Gasteiger charge is 2.44. The first-order valence-corrected chi connectivity index (χ1v) is 12.2. The molecule has 2 fully saturated rings. The number of carbonyl (C=O) groups excluding carboxylic acids is 2. The van der Waals surface area contributed by atoms with Gasteiger partial charge in [-0.05, 0) is 48.6 Å². The third-order valence-corrected chi connectivity index (χ3v) is 6.93. The van der Waals surface area contributed by atoms with Crippen LogP contribution in [0.25, 0.3) is 0 Å². The summed E-state index contributed by atoms with van der Waals surface area (Å²) >= 11 is 0. The zero-order valence-electron chi connectivity index (χ0n) is 20.8. The lowest BCUT2D eigenvalue weighted by molar-refractivity contribution is -0.137. The molecule has 5 nitrogen and oxygen atoms in total. The van der Waals surface area contributed by atoms with Gasteiger partial charge in [0.15, 0.2) is 0 Å². The SMILES string of the molecule is CC(C)C[C@H](NC(=O)C(C)(C)C)C(=O)N[C@@H]1CC[C@H]2CN(Cc3cccc(C(F)(F)F)c3)C[C@H]21. The number of likely N-dealkylation sites (tertiary alicyclic amines) is 1. The van der Waals surface area contributed by atoms with Gasteiger partial charge in [0.2, 0.25) is 11.8 Å². The summed E-state index contributed by atoms with van der Waals surface area (Å²) in [4.78, 5) is 27.8. The lowest BCUT2D eigenvalue weighted by atomic mass is 9.93. The number of hydrogen-bond donors (Lipinski definition) is 2. The number of rotatable bonds is 7. The number of nitrogens with one attached hydrogen (secondary N) is 2. The second kappa shape index (κ2) is 10.3. The van der Waals surface area contributed by atoms with Gasteiger partial charge in [-0.3, -0.25) is 14.5 Å². The number of benzene rings is 1. The van der Waals surface area contributed by atoms with Crippen LogP contribution in [0.5, 0.6) is 0 Å². The average Bonchev–Trinajstić information content (AvgIpc) is 3.27. The molecule has 1 aliphatic heterocycles. The lowest BCUT2D eigenvalue weighted by Gasteiger charge is -2.28. The van der Waals surface area contributed by atoms with Gasteiger partial charge >= 0.3 is 6.18 Å². The second-order valence-electron chi connectivity index (χ2n) is 11.4. The van der Waals surface area contributed by atoms with E-state index in [0.29, 0.717) is 24.4 Å². The molecule has 0 spiro atoms. The largest absolute Gasteiger partial charge is 0.416 e. The van der Waals surface area contributed by atoms with Gasteiger partial charge in [-0.25, -0.2) is 0 Å². The van der Waals surface area contributed by atoms with E-state index in [1.165, 1.54) is 12.1 Å². The van der Waals surface area contributed by atoms with E-state index < -0.39 is 23.2 Å². The van der Waals surface area contributed by atoms with E-state index in [1.807, 2.05) is 34.6 Å². The minimum absolute atomic E-state index is 0.0187. The van der Waals surface area contributed by atoms with Crippen molar-refractivity contribution in [3.05, 3.63) is 35.4 Å². The molecule has 1 saturated carbocycles. The molecule has 1 heterocycles. The molecular formula is C26H38F3N3O2. The third-order valence-electron chi connectivity index (χ3n) is 6.93. The molecule has 0 unspecified atom stereocenters. The van der Waals surface area contributed by atoms with Crippen molar-refractivity contribution in [2.45, 2.75) is 78.7 Å². The van der Waals surface area contributed by atoms with Crippen LogP contribution < -0.4 is 10.6 Å². The quantitative estimate of drug-likeness (QED) is 0.598. The summed E-state index contributed by atoms with van der Waals surface area (Å²) in [7, 11) is 0. The van der Waals surface area contributed by atoms with Crippen LogP contribution in [0.1, 0.15) is 65.0 Å². The highest BCUT2D eigenvalue weighted by molar-refractivity contribution is 5.89. The van der Waals surface area contributed by atoms with Crippen molar-refractivity contribution < 1.29 is 22.8 Å². The molecule has 1 aromatic carbocycles. The summed E-state index contributed by atoms with van der Waals surface area (Å²) < 4.78 is 39.2. The fourth-order valence-electron chi connectivity index (χ4n) is 5.13. The van der Waals surface area contributed by atoms with Crippen LogP contribution in [0, 0.1) is 23.2 Å². The Morgan fingerprint density at radius 2 is 1.82 bits per heavy atom. The average molecular weight is 482 g/mol. The van der Waals surface area contributed by atoms with Crippen molar-refractivity contribution in [1.29, 1.82) is 0 Å². The van der Waals surface area contributed by atoms with Crippen LogP contribution in [0.2, 0.25) is 0 Å². The van der Waals surface area contributed by atoms with Gasteiger partial charge in [-0.2, -0.15) is 13.2 Å². The van der Waals surface area contributed by atoms with E-state index in [9.17, 15) is 22.8 Å². The van der Waals surface area contributed by atoms with Crippen molar-refractivity contribution in [2.24, 2.45) is 23.2 Å². The molecule has 2 N–H and O–H groups in total. The second-order valence-corrected chi connectivity index (χ2v) is 11.4. The molecule has 0 bridgehead atoms. The van der Waals surface area contributed by atoms with Crippen LogP contribution in [0.15, 0.2) is 24.3 Å². The maximum absolute atomic E-state index is 13.1. The van der Waals surface area contributed by atoms with E-state index in [2.05, 4.69) is 15.5 Å². The summed E-state index contributed by atoms with van der Waals surface area (Å²) in [5.41, 5.74) is -0.552. The van der Waals surface area contributed by atoms with E-state index in [4.69, 9.17) is 0 Å². The number of halogens is 3. The molecule has 4 atom stereocenters. The van der Waals surface area contributed by atoms with Crippen molar-refractivity contribution >= 4 is 11.8 Å². The van der Waals surface area contributed by atoms with Gasteiger partial charge < -0.3 is 10.6 Å². The zero-order chi connectivity index (χ0) is 25.3. The highest BCUT2D eigenvalue weighted by atomic mass is 19.4. The summed E-state index contributed by atoms with van der Waals surface area (Å²) in [6.45, 7) is 11.6. The standard InChI is InChI=1S/C26H38F3N3O2/c1-16(2)11-22(31-24(34)25(3,4)5)23(33)30-21-10-9-18-14-32(15-20(18)21)13-17-7-6-8-19(12-17)26(27,28)29/h6-8,12,16,18,20-22H,9-11,13-15H2,1-5H3,(H,30,33)(H,31,34)/t18-,20+,21+,22-/m0/s1. The smallest absolute Gasteiger partial charge is 0.351 e. The number of nitrogens with zero attached hydrogens (tertiary/aromatic N) is 1. The minimum atomic E-state index is -4.35. The first-order chi connectivity index (χ1) is 15.7. The summed E-state index contributed by atoms with van der Waals surface area (Å²) in [5.74, 6) is 0.650. The molecule has 1 aliphatic carbocycles. The molecule has 190 valence electrons. The van der Waals surface area contributed by atoms with E-state index >= 15 is 0 Å². The Balaban J connectivity index is 1.61. The molecule has 2 aliphatic rings. The van der Waals surface area contributed by atoms with E-state index in [1.54, 1.807) is 6.07 Å². The lowest BCUT2D eigenvalue weighted by Crippen LogP contribution is -2.53. The van der Waals surface area contributed by atoms with Crippen molar-refractivity contribution in [3.8, 4) is 0 Å². The molecule has 0 aromatic heterocycles. The van der Waals surface area contributed by atoms with Crippen LogP contribution in [0.3, 0.4) is 0 Å². The Bertz CT molecular complexity index is 879. The number of alkyl halides is 3. The van der Waals surface area contributed by atoms with Gasteiger partial charge in [0.1, 0.15) is 6.04 Å². The molecule has 3 rings (SSSR count). The van der Waals surface area contributed by atoms with E-state index in [-0.39, 0.29) is 29.7 Å². The third kappa shape index (κ3) is 6.74. The first-order valence-electron chi connectivity index (χ1n) is 12.2. The van der Waals surface area contributed by atoms with Gasteiger partial charge in [0.05, 0.1) is 5.56 Å². The monoisotopic (exact) mass is 481 g/mol. The first kappa shape index (κ1) is 26.5. The topological polar surface area (TPSA) is 61.4 Å². The number of fused-ring (bicyclic) bond motifs is 1. The van der Waals surface area contributed by atoms with Crippen molar-refractivity contribution in [2.75, 3.05) is 13.1 Å². The molecule has 1 saturated heterocycles. The maximum atomic E-state index is 13.1. The van der Waals surface area contributed by atoms with Crippen LogP contribution in [-0.4, -0.2) is 41.9 Å². The van der Waals surface area contributed by atoms with Crippen LogP contribution in [0.4, 0.5) is 13.2 Å². The predicted molar refractivity (Wildman–Crippen MR) is 126 cm³/mol. The Labute approximate surface area is 200 Å². The summed E-state index contributed by atoms with van der Waals surface area (Å²) in [6, 6.07) is 4.95. The zero-order valence-corrected chi connectivity index (χ0v) is 20.8. The Morgan fingerprint density at radius 1 is 1.12 bits per heavy atom. The molecule has 34 heavy (non-hydrogen) atoms. The van der Waals surface area contributed by atoms with Gasteiger partial charge in [-0.1, -0.05) is 52.8 Å². The van der Waals surface area contributed by atoms with E-state index in [0.717, 1.165) is 32.0 Å². The molecule has 8 heteroatoms. The molecule has 1 aromatic rings.